The fraction of sp³-hybridized carbons (Fsp3) is 0.652. The summed E-state index contributed by atoms with van der Waals surface area (Å²) in [6.07, 6.45) is 7.29. The Labute approximate surface area is 173 Å². The van der Waals surface area contributed by atoms with Crippen LogP contribution in [0.1, 0.15) is 53.4 Å². The SMILES string of the molecule is CC1C2CCCC(C)(C)C2=CC[C@@H](C)C1O.COc1ccc(Br)cc1OC. The maximum atomic E-state index is 10.3. The van der Waals surface area contributed by atoms with Gasteiger partial charge < -0.3 is 14.6 Å². The number of aliphatic hydroxyl groups is 1. The van der Waals surface area contributed by atoms with Crippen molar-refractivity contribution in [3.63, 3.8) is 0 Å². The minimum absolute atomic E-state index is 0.118. The van der Waals surface area contributed by atoms with Gasteiger partial charge in [0.1, 0.15) is 0 Å². The third-order valence-corrected chi connectivity index (χ3v) is 6.80. The van der Waals surface area contributed by atoms with E-state index in [0.717, 1.165) is 22.4 Å². The lowest BCUT2D eigenvalue weighted by Gasteiger charge is -2.41. The fourth-order valence-corrected chi connectivity index (χ4v) is 4.90. The summed E-state index contributed by atoms with van der Waals surface area (Å²) in [4.78, 5) is 0. The van der Waals surface area contributed by atoms with Crippen LogP contribution in [0.3, 0.4) is 0 Å². The molecule has 3 unspecified atom stereocenters. The van der Waals surface area contributed by atoms with Gasteiger partial charge in [-0.15, -0.1) is 0 Å². The number of fused-ring (bicyclic) bond motifs is 1. The van der Waals surface area contributed by atoms with Crippen LogP contribution in [0.15, 0.2) is 34.3 Å². The van der Waals surface area contributed by atoms with Gasteiger partial charge in [-0.25, -0.2) is 0 Å². The molecule has 0 heterocycles. The first-order chi connectivity index (χ1) is 12.7. The standard InChI is InChI=1S/C15H26O.C8H9BrO2/c1-10-7-8-13-12(11(2)14(10)16)6-5-9-15(13,3)4;1-10-7-4-3-6(9)5-8(7)11-2/h8,10-12,14,16H,5-7,9H2,1-4H3;3-5H,1-2H3/t10-,11?,12?,14?;/m1./s1. The second kappa shape index (κ2) is 9.47. The van der Waals surface area contributed by atoms with E-state index in [1.807, 2.05) is 18.2 Å². The molecule has 2 aliphatic rings. The lowest BCUT2D eigenvalue weighted by Crippen LogP contribution is -2.35. The third kappa shape index (κ3) is 5.29. The number of benzene rings is 1. The molecule has 0 spiro atoms. The molecule has 4 atom stereocenters. The summed E-state index contributed by atoms with van der Waals surface area (Å²) in [5, 5.41) is 10.3. The zero-order valence-corrected chi connectivity index (χ0v) is 19.2. The number of hydrogen-bond acceptors (Lipinski definition) is 3. The first-order valence-corrected chi connectivity index (χ1v) is 10.8. The number of ether oxygens (including phenoxy) is 2. The van der Waals surface area contributed by atoms with E-state index in [9.17, 15) is 5.11 Å². The highest BCUT2D eigenvalue weighted by atomic mass is 79.9. The van der Waals surface area contributed by atoms with Gasteiger partial charge in [0, 0.05) is 4.47 Å². The van der Waals surface area contributed by atoms with Crippen molar-refractivity contribution >= 4 is 15.9 Å². The summed E-state index contributed by atoms with van der Waals surface area (Å²) in [6.45, 7) is 9.18. The molecule has 0 aliphatic heterocycles. The summed E-state index contributed by atoms with van der Waals surface area (Å²) in [5.74, 6) is 2.97. The molecule has 152 valence electrons. The predicted octanol–water partition coefficient (Wildman–Crippen LogP) is 6.24. The van der Waals surface area contributed by atoms with Crippen LogP contribution in [0.2, 0.25) is 0 Å². The van der Waals surface area contributed by atoms with Crippen molar-refractivity contribution in [1.82, 2.24) is 0 Å². The van der Waals surface area contributed by atoms with Gasteiger partial charge in [-0.05, 0) is 60.6 Å². The van der Waals surface area contributed by atoms with Crippen molar-refractivity contribution in [3.8, 4) is 11.5 Å². The molecule has 0 aromatic heterocycles. The van der Waals surface area contributed by atoms with Crippen LogP contribution in [0.4, 0.5) is 0 Å². The van der Waals surface area contributed by atoms with Crippen molar-refractivity contribution in [1.29, 1.82) is 0 Å². The highest BCUT2D eigenvalue weighted by Crippen LogP contribution is 2.49. The molecule has 1 aromatic carbocycles. The molecule has 4 heteroatoms. The Morgan fingerprint density at radius 2 is 1.78 bits per heavy atom. The number of halogens is 1. The number of methoxy groups -OCH3 is 2. The van der Waals surface area contributed by atoms with Crippen molar-refractivity contribution in [2.75, 3.05) is 14.2 Å². The van der Waals surface area contributed by atoms with Gasteiger partial charge in [-0.2, -0.15) is 0 Å². The lowest BCUT2D eigenvalue weighted by molar-refractivity contribution is 0.0403. The van der Waals surface area contributed by atoms with E-state index in [1.165, 1.54) is 19.3 Å². The van der Waals surface area contributed by atoms with Gasteiger partial charge in [0.25, 0.3) is 0 Å². The Kier molecular flexibility index (Phi) is 7.82. The van der Waals surface area contributed by atoms with E-state index in [2.05, 4.69) is 49.7 Å². The Hall–Kier alpha value is -1.00. The van der Waals surface area contributed by atoms with Crippen LogP contribution in [-0.2, 0) is 0 Å². The molecule has 0 saturated heterocycles. The topological polar surface area (TPSA) is 38.7 Å². The molecule has 27 heavy (non-hydrogen) atoms. The van der Waals surface area contributed by atoms with E-state index >= 15 is 0 Å². The molecule has 1 saturated carbocycles. The van der Waals surface area contributed by atoms with Gasteiger partial charge in [0.15, 0.2) is 11.5 Å². The van der Waals surface area contributed by atoms with Crippen molar-refractivity contribution in [2.24, 2.45) is 23.2 Å². The lowest BCUT2D eigenvalue weighted by atomic mass is 9.64. The number of aliphatic hydroxyl groups excluding tert-OH is 1. The molecule has 0 radical (unpaired) electrons. The van der Waals surface area contributed by atoms with E-state index in [1.54, 1.807) is 19.8 Å². The van der Waals surface area contributed by atoms with E-state index in [-0.39, 0.29) is 6.10 Å². The van der Waals surface area contributed by atoms with Gasteiger partial charge in [-0.3, -0.25) is 0 Å². The summed E-state index contributed by atoms with van der Waals surface area (Å²) in [5.41, 5.74) is 2.00. The second-order valence-corrected chi connectivity index (χ2v) is 9.52. The Balaban J connectivity index is 0.000000208. The number of rotatable bonds is 2. The van der Waals surface area contributed by atoms with Crippen molar-refractivity contribution < 1.29 is 14.6 Å². The molecule has 1 fully saturated rings. The maximum Gasteiger partial charge on any atom is 0.161 e. The predicted molar refractivity (Wildman–Crippen MR) is 115 cm³/mol. The molecule has 1 aromatic rings. The highest BCUT2D eigenvalue weighted by Gasteiger charge is 2.40. The summed E-state index contributed by atoms with van der Waals surface area (Å²) < 4.78 is 11.1. The minimum Gasteiger partial charge on any atom is -0.493 e. The molecule has 3 nitrogen and oxygen atoms in total. The van der Waals surface area contributed by atoms with Crippen LogP contribution >= 0.6 is 15.9 Å². The van der Waals surface area contributed by atoms with Gasteiger partial charge in [0.2, 0.25) is 0 Å². The average molecular weight is 439 g/mol. The largest absolute Gasteiger partial charge is 0.493 e. The molecule has 2 aliphatic carbocycles. The summed E-state index contributed by atoms with van der Waals surface area (Å²) in [7, 11) is 3.23. The maximum absolute atomic E-state index is 10.3. The first-order valence-electron chi connectivity index (χ1n) is 9.97. The van der Waals surface area contributed by atoms with Crippen molar-refractivity contribution in [2.45, 2.75) is 59.5 Å². The molecule has 3 rings (SSSR count). The monoisotopic (exact) mass is 438 g/mol. The average Bonchev–Trinajstić information content (AvgIpc) is 2.75. The third-order valence-electron chi connectivity index (χ3n) is 6.31. The highest BCUT2D eigenvalue weighted by molar-refractivity contribution is 9.10. The van der Waals surface area contributed by atoms with Crippen LogP contribution in [0, 0.1) is 23.2 Å². The van der Waals surface area contributed by atoms with E-state index in [0.29, 0.717) is 23.2 Å². The number of hydrogen-bond donors (Lipinski definition) is 1. The zero-order chi connectivity index (χ0) is 20.2. The molecular formula is C23H35BrO3. The zero-order valence-electron chi connectivity index (χ0n) is 17.6. The fourth-order valence-electron chi connectivity index (χ4n) is 4.56. The van der Waals surface area contributed by atoms with Crippen LogP contribution in [0.5, 0.6) is 11.5 Å². The summed E-state index contributed by atoms with van der Waals surface area (Å²) in [6, 6.07) is 5.61. The quantitative estimate of drug-likeness (QED) is 0.554. The summed E-state index contributed by atoms with van der Waals surface area (Å²) >= 11 is 3.33. The van der Waals surface area contributed by atoms with Gasteiger partial charge in [-0.1, -0.05) is 61.7 Å². The van der Waals surface area contributed by atoms with E-state index in [4.69, 9.17) is 9.47 Å². The van der Waals surface area contributed by atoms with Crippen LogP contribution in [0.25, 0.3) is 0 Å². The van der Waals surface area contributed by atoms with Gasteiger partial charge >= 0.3 is 0 Å². The first kappa shape index (κ1) is 22.3. The molecule has 0 amide bonds. The second-order valence-electron chi connectivity index (χ2n) is 8.60. The Bertz CT molecular complexity index is 653. The molecule has 0 bridgehead atoms. The smallest absolute Gasteiger partial charge is 0.161 e. The normalized spacial score (nSPS) is 29.4. The van der Waals surface area contributed by atoms with Crippen LogP contribution in [-0.4, -0.2) is 25.4 Å². The molecular weight excluding hydrogens is 404 g/mol. The van der Waals surface area contributed by atoms with Gasteiger partial charge in [0.05, 0.1) is 20.3 Å². The van der Waals surface area contributed by atoms with Crippen LogP contribution < -0.4 is 9.47 Å². The Morgan fingerprint density at radius 3 is 2.41 bits per heavy atom. The van der Waals surface area contributed by atoms with Crippen molar-refractivity contribution in [3.05, 3.63) is 34.3 Å². The number of allylic oxidation sites excluding steroid dienone is 2. The molecule has 1 N–H and O–H groups in total. The minimum atomic E-state index is -0.118. The van der Waals surface area contributed by atoms with E-state index < -0.39 is 0 Å². The Morgan fingerprint density at radius 1 is 1.11 bits per heavy atom.